The van der Waals surface area contributed by atoms with Gasteiger partial charge >= 0.3 is 5.97 Å². The van der Waals surface area contributed by atoms with Crippen LogP contribution in [0.5, 0.6) is 5.75 Å². The molecule has 0 amide bonds. The second-order valence-corrected chi connectivity index (χ2v) is 6.29. The zero-order valence-corrected chi connectivity index (χ0v) is 14.5. The summed E-state index contributed by atoms with van der Waals surface area (Å²) in [6.07, 6.45) is 1.56. The fourth-order valence-electron chi connectivity index (χ4n) is 3.16. The SMILES string of the molecule is COc1cc(N)ccc1N1CCC(C(=O)OCc2ccccc2)CC1. The van der Waals surface area contributed by atoms with E-state index in [1.54, 1.807) is 7.11 Å². The number of ether oxygens (including phenoxy) is 2. The van der Waals surface area contributed by atoms with Crippen molar-refractivity contribution >= 4 is 17.3 Å². The molecule has 2 aromatic rings. The fourth-order valence-corrected chi connectivity index (χ4v) is 3.16. The number of nitrogens with zero attached hydrogens (tertiary/aromatic N) is 1. The average molecular weight is 340 g/mol. The van der Waals surface area contributed by atoms with Gasteiger partial charge in [-0.15, -0.1) is 0 Å². The van der Waals surface area contributed by atoms with E-state index in [4.69, 9.17) is 15.2 Å². The summed E-state index contributed by atoms with van der Waals surface area (Å²) in [6.45, 7) is 1.93. The third-order valence-electron chi connectivity index (χ3n) is 4.60. The van der Waals surface area contributed by atoms with Gasteiger partial charge in [-0.25, -0.2) is 0 Å². The number of nitrogens with two attached hydrogens (primary N) is 1. The Bertz CT molecular complexity index is 710. The first kappa shape index (κ1) is 17.1. The Morgan fingerprint density at radius 2 is 1.88 bits per heavy atom. The zero-order chi connectivity index (χ0) is 17.6. The Morgan fingerprint density at radius 3 is 2.56 bits per heavy atom. The van der Waals surface area contributed by atoms with E-state index in [0.29, 0.717) is 12.3 Å². The number of carbonyl (C=O) groups is 1. The molecular weight excluding hydrogens is 316 g/mol. The van der Waals surface area contributed by atoms with Crippen LogP contribution in [0.15, 0.2) is 48.5 Å². The van der Waals surface area contributed by atoms with E-state index >= 15 is 0 Å². The summed E-state index contributed by atoms with van der Waals surface area (Å²) >= 11 is 0. The lowest BCUT2D eigenvalue weighted by molar-refractivity contribution is -0.150. The number of carbonyl (C=O) groups excluding carboxylic acids is 1. The monoisotopic (exact) mass is 340 g/mol. The van der Waals surface area contributed by atoms with Crippen LogP contribution in [0.1, 0.15) is 18.4 Å². The highest BCUT2D eigenvalue weighted by Crippen LogP contribution is 2.33. The van der Waals surface area contributed by atoms with Crippen LogP contribution in [0.25, 0.3) is 0 Å². The van der Waals surface area contributed by atoms with Crippen LogP contribution in [0.4, 0.5) is 11.4 Å². The van der Waals surface area contributed by atoms with Gasteiger partial charge in [0.25, 0.3) is 0 Å². The second kappa shape index (κ2) is 7.92. The summed E-state index contributed by atoms with van der Waals surface area (Å²) in [5.41, 5.74) is 8.53. The molecule has 5 heteroatoms. The number of hydrogen-bond donors (Lipinski definition) is 1. The molecule has 2 aromatic carbocycles. The van der Waals surface area contributed by atoms with Crippen LogP contribution >= 0.6 is 0 Å². The molecule has 2 N–H and O–H groups in total. The Kier molecular flexibility index (Phi) is 5.43. The Hall–Kier alpha value is -2.69. The van der Waals surface area contributed by atoms with Crippen LogP contribution in [0.2, 0.25) is 0 Å². The van der Waals surface area contributed by atoms with Crippen LogP contribution in [0.3, 0.4) is 0 Å². The van der Waals surface area contributed by atoms with Gasteiger partial charge < -0.3 is 20.1 Å². The molecule has 1 saturated heterocycles. The molecule has 0 unspecified atom stereocenters. The molecule has 25 heavy (non-hydrogen) atoms. The second-order valence-electron chi connectivity index (χ2n) is 6.29. The van der Waals surface area contributed by atoms with E-state index in [0.717, 1.165) is 42.9 Å². The lowest BCUT2D eigenvalue weighted by Crippen LogP contribution is -2.37. The van der Waals surface area contributed by atoms with Crippen molar-refractivity contribution in [2.45, 2.75) is 19.4 Å². The molecule has 132 valence electrons. The highest BCUT2D eigenvalue weighted by atomic mass is 16.5. The summed E-state index contributed by atoms with van der Waals surface area (Å²) < 4.78 is 10.9. The zero-order valence-electron chi connectivity index (χ0n) is 14.5. The maximum atomic E-state index is 12.3. The van der Waals surface area contributed by atoms with Crippen molar-refractivity contribution in [3.8, 4) is 5.75 Å². The van der Waals surface area contributed by atoms with Crippen LogP contribution < -0.4 is 15.4 Å². The number of anilines is 2. The van der Waals surface area contributed by atoms with E-state index in [2.05, 4.69) is 4.90 Å². The molecule has 1 aliphatic heterocycles. The third kappa shape index (κ3) is 4.24. The van der Waals surface area contributed by atoms with E-state index < -0.39 is 0 Å². The number of rotatable bonds is 5. The average Bonchev–Trinajstić information content (AvgIpc) is 2.67. The number of benzene rings is 2. The van der Waals surface area contributed by atoms with Crippen molar-refractivity contribution in [3.63, 3.8) is 0 Å². The molecule has 0 aromatic heterocycles. The van der Waals surface area contributed by atoms with Crippen LogP contribution in [-0.4, -0.2) is 26.2 Å². The quantitative estimate of drug-likeness (QED) is 0.669. The van der Waals surface area contributed by atoms with E-state index in [-0.39, 0.29) is 11.9 Å². The molecule has 5 nitrogen and oxygen atoms in total. The highest BCUT2D eigenvalue weighted by molar-refractivity contribution is 5.73. The predicted octanol–water partition coefficient (Wildman–Crippen LogP) is 3.24. The molecule has 0 spiro atoms. The van der Waals surface area contributed by atoms with E-state index in [1.807, 2.05) is 48.5 Å². The van der Waals surface area contributed by atoms with Gasteiger partial charge in [-0.2, -0.15) is 0 Å². The van der Waals surface area contributed by atoms with Crippen molar-refractivity contribution in [1.82, 2.24) is 0 Å². The van der Waals surface area contributed by atoms with Crippen LogP contribution in [0, 0.1) is 5.92 Å². The third-order valence-corrected chi connectivity index (χ3v) is 4.60. The van der Waals surface area contributed by atoms with Crippen molar-refractivity contribution in [3.05, 3.63) is 54.1 Å². The number of hydrogen-bond acceptors (Lipinski definition) is 5. The van der Waals surface area contributed by atoms with Gasteiger partial charge in [0.05, 0.1) is 18.7 Å². The maximum Gasteiger partial charge on any atom is 0.309 e. The summed E-state index contributed by atoms with van der Waals surface area (Å²) in [5, 5.41) is 0. The molecule has 0 radical (unpaired) electrons. The van der Waals surface area contributed by atoms with E-state index in [1.165, 1.54) is 0 Å². The Morgan fingerprint density at radius 1 is 1.16 bits per heavy atom. The predicted molar refractivity (Wildman–Crippen MR) is 98.6 cm³/mol. The van der Waals surface area contributed by atoms with Gasteiger partial charge in [-0.1, -0.05) is 30.3 Å². The van der Waals surface area contributed by atoms with Gasteiger partial charge in [0.15, 0.2) is 0 Å². The Balaban J connectivity index is 1.54. The number of nitrogen functional groups attached to an aromatic ring is 1. The first-order valence-electron chi connectivity index (χ1n) is 8.56. The molecule has 0 aliphatic carbocycles. The summed E-state index contributed by atoms with van der Waals surface area (Å²) in [6, 6.07) is 15.4. The smallest absolute Gasteiger partial charge is 0.309 e. The van der Waals surface area contributed by atoms with Crippen molar-refractivity contribution in [2.24, 2.45) is 5.92 Å². The molecule has 3 rings (SSSR count). The van der Waals surface area contributed by atoms with Crippen LogP contribution in [-0.2, 0) is 16.1 Å². The van der Waals surface area contributed by atoms with E-state index in [9.17, 15) is 4.79 Å². The van der Waals surface area contributed by atoms with Crippen molar-refractivity contribution in [1.29, 1.82) is 0 Å². The van der Waals surface area contributed by atoms with Gasteiger partial charge in [-0.3, -0.25) is 4.79 Å². The molecule has 0 saturated carbocycles. The van der Waals surface area contributed by atoms with Crippen molar-refractivity contribution in [2.75, 3.05) is 30.8 Å². The van der Waals surface area contributed by atoms with Gasteiger partial charge in [0.2, 0.25) is 0 Å². The topological polar surface area (TPSA) is 64.8 Å². The molecule has 1 heterocycles. The van der Waals surface area contributed by atoms with Gasteiger partial charge in [-0.05, 0) is 30.5 Å². The lowest BCUT2D eigenvalue weighted by atomic mass is 9.96. The molecule has 0 atom stereocenters. The van der Waals surface area contributed by atoms with Crippen molar-refractivity contribution < 1.29 is 14.3 Å². The minimum Gasteiger partial charge on any atom is -0.495 e. The largest absolute Gasteiger partial charge is 0.495 e. The molecule has 1 fully saturated rings. The fraction of sp³-hybridized carbons (Fsp3) is 0.350. The normalized spacial score (nSPS) is 15.0. The summed E-state index contributed by atoms with van der Waals surface area (Å²) in [4.78, 5) is 14.5. The first-order chi connectivity index (χ1) is 12.2. The van der Waals surface area contributed by atoms with Gasteiger partial charge in [0.1, 0.15) is 12.4 Å². The van der Waals surface area contributed by atoms with Gasteiger partial charge in [0, 0.05) is 24.8 Å². The minimum atomic E-state index is -0.104. The highest BCUT2D eigenvalue weighted by Gasteiger charge is 2.27. The molecule has 1 aliphatic rings. The standard InChI is InChI=1S/C20H24N2O3/c1-24-19-13-17(21)7-8-18(19)22-11-9-16(10-12-22)20(23)25-14-15-5-3-2-4-6-15/h2-8,13,16H,9-12,14,21H2,1H3. The molecular formula is C20H24N2O3. The summed E-state index contributed by atoms with van der Waals surface area (Å²) in [5.74, 6) is 0.623. The lowest BCUT2D eigenvalue weighted by Gasteiger charge is -2.33. The number of methoxy groups -OCH3 is 1. The Labute approximate surface area is 148 Å². The summed E-state index contributed by atoms with van der Waals surface area (Å²) in [7, 11) is 1.64. The number of esters is 1. The minimum absolute atomic E-state index is 0.0419. The number of piperidine rings is 1. The first-order valence-corrected chi connectivity index (χ1v) is 8.56. The maximum absolute atomic E-state index is 12.3. The molecule has 0 bridgehead atoms.